The quantitative estimate of drug-likeness (QED) is 0.751. The SMILES string of the molecule is Cc1c(C)c2c(c(C)c1O)CCC(OC(=O)O)O2. The van der Waals surface area contributed by atoms with Gasteiger partial charge in [-0.25, -0.2) is 4.79 Å². The van der Waals surface area contributed by atoms with Crippen LogP contribution >= 0.6 is 0 Å². The maximum absolute atomic E-state index is 10.5. The van der Waals surface area contributed by atoms with E-state index in [0.29, 0.717) is 18.6 Å². The molecule has 1 aromatic rings. The van der Waals surface area contributed by atoms with Gasteiger partial charge in [0.15, 0.2) is 0 Å². The molecule has 1 aromatic carbocycles. The summed E-state index contributed by atoms with van der Waals surface area (Å²) in [6.07, 6.45) is -1.01. The molecule has 0 saturated heterocycles. The number of ether oxygens (including phenoxy) is 2. The van der Waals surface area contributed by atoms with Crippen LogP contribution in [-0.4, -0.2) is 22.7 Å². The number of phenols is 1. The van der Waals surface area contributed by atoms with Crippen LogP contribution in [0.1, 0.15) is 28.7 Å². The molecule has 1 unspecified atom stereocenters. The number of phenolic OH excluding ortho intramolecular Hbond substituents is 1. The van der Waals surface area contributed by atoms with Gasteiger partial charge in [-0.3, -0.25) is 0 Å². The zero-order valence-corrected chi connectivity index (χ0v) is 10.6. The Morgan fingerprint density at radius 2 is 1.94 bits per heavy atom. The number of carboxylic acid groups (broad SMARTS) is 1. The lowest BCUT2D eigenvalue weighted by Gasteiger charge is -2.28. The Hall–Kier alpha value is -1.91. The van der Waals surface area contributed by atoms with Crippen molar-refractivity contribution in [2.45, 2.75) is 39.9 Å². The Morgan fingerprint density at radius 1 is 1.28 bits per heavy atom. The molecular weight excluding hydrogens is 236 g/mol. The van der Waals surface area contributed by atoms with Crippen LogP contribution in [0.25, 0.3) is 0 Å². The van der Waals surface area contributed by atoms with Gasteiger partial charge in [-0.2, -0.15) is 0 Å². The third-order valence-corrected chi connectivity index (χ3v) is 3.45. The monoisotopic (exact) mass is 252 g/mol. The van der Waals surface area contributed by atoms with Crippen molar-refractivity contribution < 1.29 is 24.5 Å². The Bertz CT molecular complexity index is 507. The molecule has 0 bridgehead atoms. The Morgan fingerprint density at radius 3 is 2.56 bits per heavy atom. The van der Waals surface area contributed by atoms with Gasteiger partial charge in [0.1, 0.15) is 11.5 Å². The van der Waals surface area contributed by atoms with E-state index in [-0.39, 0.29) is 5.75 Å². The molecule has 2 rings (SSSR count). The van der Waals surface area contributed by atoms with Crippen molar-refractivity contribution in [1.82, 2.24) is 0 Å². The summed E-state index contributed by atoms with van der Waals surface area (Å²) < 4.78 is 10.2. The van der Waals surface area contributed by atoms with E-state index in [4.69, 9.17) is 9.84 Å². The fraction of sp³-hybridized carbons (Fsp3) is 0.462. The normalized spacial score (nSPS) is 17.8. The van der Waals surface area contributed by atoms with Gasteiger partial charge in [-0.15, -0.1) is 0 Å². The molecule has 5 nitrogen and oxygen atoms in total. The standard InChI is InChI=1S/C13H16O5/c1-6-7(2)12-9(8(3)11(6)14)4-5-10(17-12)18-13(15)16/h10,14H,4-5H2,1-3H3,(H,15,16). The predicted molar refractivity (Wildman–Crippen MR) is 64.2 cm³/mol. The zero-order valence-electron chi connectivity index (χ0n) is 10.6. The van der Waals surface area contributed by atoms with Gasteiger partial charge < -0.3 is 19.7 Å². The molecular formula is C13H16O5. The molecule has 5 heteroatoms. The number of fused-ring (bicyclic) bond motifs is 1. The van der Waals surface area contributed by atoms with Crippen LogP contribution in [-0.2, 0) is 11.2 Å². The van der Waals surface area contributed by atoms with E-state index in [0.717, 1.165) is 22.3 Å². The molecule has 0 amide bonds. The number of hydrogen-bond acceptors (Lipinski definition) is 4. The molecule has 0 radical (unpaired) electrons. The highest BCUT2D eigenvalue weighted by atomic mass is 16.8. The summed E-state index contributed by atoms with van der Waals surface area (Å²) >= 11 is 0. The lowest BCUT2D eigenvalue weighted by atomic mass is 9.93. The Kier molecular flexibility index (Phi) is 3.07. The maximum atomic E-state index is 10.5. The highest BCUT2D eigenvalue weighted by Crippen LogP contribution is 2.40. The van der Waals surface area contributed by atoms with Crippen LogP contribution in [0.4, 0.5) is 4.79 Å². The third kappa shape index (κ3) is 1.96. The molecule has 0 spiro atoms. The summed E-state index contributed by atoms with van der Waals surface area (Å²) in [5.41, 5.74) is 3.30. The number of benzene rings is 1. The zero-order chi connectivity index (χ0) is 13.4. The second kappa shape index (κ2) is 4.40. The molecule has 1 aliphatic heterocycles. The van der Waals surface area contributed by atoms with E-state index in [2.05, 4.69) is 4.74 Å². The Labute approximate surface area is 105 Å². The molecule has 0 aromatic heterocycles. The predicted octanol–water partition coefficient (Wildman–Crippen LogP) is 2.66. The van der Waals surface area contributed by atoms with Crippen molar-refractivity contribution in [3.63, 3.8) is 0 Å². The van der Waals surface area contributed by atoms with Crippen molar-refractivity contribution in [2.24, 2.45) is 0 Å². The average Bonchev–Trinajstić information content (AvgIpc) is 2.33. The fourth-order valence-electron chi connectivity index (χ4n) is 2.28. The number of hydrogen-bond donors (Lipinski definition) is 2. The van der Waals surface area contributed by atoms with Crippen LogP contribution in [0, 0.1) is 20.8 Å². The van der Waals surface area contributed by atoms with Crippen LogP contribution in [0.15, 0.2) is 0 Å². The molecule has 18 heavy (non-hydrogen) atoms. The summed E-state index contributed by atoms with van der Waals surface area (Å²) in [5.74, 6) is 0.924. The molecule has 1 atom stereocenters. The van der Waals surface area contributed by atoms with Gasteiger partial charge in [0, 0.05) is 12.0 Å². The van der Waals surface area contributed by atoms with Crippen molar-refractivity contribution in [3.8, 4) is 11.5 Å². The van der Waals surface area contributed by atoms with Crippen molar-refractivity contribution in [1.29, 1.82) is 0 Å². The summed E-state index contributed by atoms with van der Waals surface area (Å²) in [6, 6.07) is 0. The van der Waals surface area contributed by atoms with E-state index in [1.807, 2.05) is 20.8 Å². The van der Waals surface area contributed by atoms with Crippen LogP contribution in [0.2, 0.25) is 0 Å². The fourth-order valence-corrected chi connectivity index (χ4v) is 2.28. The minimum Gasteiger partial charge on any atom is -0.507 e. The minimum atomic E-state index is -1.34. The van der Waals surface area contributed by atoms with Crippen molar-refractivity contribution in [3.05, 3.63) is 22.3 Å². The highest BCUT2D eigenvalue weighted by molar-refractivity contribution is 5.59. The first-order valence-corrected chi connectivity index (χ1v) is 5.79. The Balaban J connectivity index is 2.41. The van der Waals surface area contributed by atoms with Crippen LogP contribution in [0.5, 0.6) is 11.5 Å². The third-order valence-electron chi connectivity index (χ3n) is 3.45. The van der Waals surface area contributed by atoms with E-state index in [9.17, 15) is 9.90 Å². The molecule has 2 N–H and O–H groups in total. The molecule has 98 valence electrons. The first-order chi connectivity index (χ1) is 8.41. The van der Waals surface area contributed by atoms with Gasteiger partial charge in [0.05, 0.1) is 0 Å². The van der Waals surface area contributed by atoms with E-state index >= 15 is 0 Å². The average molecular weight is 252 g/mol. The second-order valence-corrected chi connectivity index (χ2v) is 4.50. The first kappa shape index (κ1) is 12.5. The lowest BCUT2D eigenvalue weighted by Crippen LogP contribution is -2.28. The van der Waals surface area contributed by atoms with Gasteiger partial charge in [-0.05, 0) is 43.9 Å². The summed E-state index contributed by atoms with van der Waals surface area (Å²) in [4.78, 5) is 10.5. The smallest absolute Gasteiger partial charge is 0.507 e. The second-order valence-electron chi connectivity index (χ2n) is 4.50. The molecule has 0 fully saturated rings. The number of aromatic hydroxyl groups is 1. The summed E-state index contributed by atoms with van der Waals surface area (Å²) in [5, 5.41) is 18.6. The van der Waals surface area contributed by atoms with Gasteiger partial charge in [-0.1, -0.05) is 0 Å². The van der Waals surface area contributed by atoms with Crippen molar-refractivity contribution in [2.75, 3.05) is 0 Å². The molecule has 1 heterocycles. The van der Waals surface area contributed by atoms with Gasteiger partial charge >= 0.3 is 6.16 Å². The van der Waals surface area contributed by atoms with Crippen LogP contribution in [0.3, 0.4) is 0 Å². The summed E-state index contributed by atoms with van der Waals surface area (Å²) in [6.45, 7) is 5.49. The van der Waals surface area contributed by atoms with E-state index < -0.39 is 12.4 Å². The number of rotatable bonds is 1. The summed E-state index contributed by atoms with van der Waals surface area (Å²) in [7, 11) is 0. The number of carbonyl (C=O) groups is 1. The maximum Gasteiger partial charge on any atom is 0.508 e. The topological polar surface area (TPSA) is 76.0 Å². The van der Waals surface area contributed by atoms with E-state index in [1.54, 1.807) is 0 Å². The van der Waals surface area contributed by atoms with Gasteiger partial charge in [0.25, 0.3) is 0 Å². The lowest BCUT2D eigenvalue weighted by molar-refractivity contribution is -0.0639. The van der Waals surface area contributed by atoms with Crippen molar-refractivity contribution >= 4 is 6.16 Å². The first-order valence-electron chi connectivity index (χ1n) is 5.79. The van der Waals surface area contributed by atoms with E-state index in [1.165, 1.54) is 0 Å². The highest BCUT2D eigenvalue weighted by Gasteiger charge is 2.27. The molecule has 1 aliphatic rings. The molecule has 0 aliphatic carbocycles. The minimum absolute atomic E-state index is 0.285. The van der Waals surface area contributed by atoms with Gasteiger partial charge in [0.2, 0.25) is 6.29 Å². The van der Waals surface area contributed by atoms with Crippen LogP contribution < -0.4 is 4.74 Å². The molecule has 0 saturated carbocycles. The largest absolute Gasteiger partial charge is 0.508 e.